The highest BCUT2D eigenvalue weighted by molar-refractivity contribution is 9.10. The van der Waals surface area contributed by atoms with E-state index in [1.807, 2.05) is 0 Å². The van der Waals surface area contributed by atoms with Crippen molar-refractivity contribution in [2.45, 2.75) is 18.9 Å². The molecule has 3 nitrogen and oxygen atoms in total. The van der Waals surface area contributed by atoms with E-state index in [9.17, 15) is 0 Å². The molecule has 2 rings (SSSR count). The molecule has 4 heteroatoms. The molecule has 16 heavy (non-hydrogen) atoms. The topological polar surface area (TPSA) is 47.3 Å². The lowest BCUT2D eigenvalue weighted by molar-refractivity contribution is 0.0536. The molecule has 1 saturated heterocycles. The van der Waals surface area contributed by atoms with Gasteiger partial charge < -0.3 is 4.74 Å². The van der Waals surface area contributed by atoms with Gasteiger partial charge in [0.2, 0.25) is 0 Å². The van der Waals surface area contributed by atoms with Gasteiger partial charge in [0.15, 0.2) is 0 Å². The second-order valence-corrected chi connectivity index (χ2v) is 5.06. The standard InChI is InChI=1S/C12H17BrN2O/c13-11-3-1-9(2-4-11)12(15-14)10-5-7-16-8-6-10/h1-4,10,12,15H,5-8,14H2. The highest BCUT2D eigenvalue weighted by Crippen LogP contribution is 2.29. The quantitative estimate of drug-likeness (QED) is 0.662. The minimum absolute atomic E-state index is 0.233. The van der Waals surface area contributed by atoms with Crippen LogP contribution in [0, 0.1) is 5.92 Å². The van der Waals surface area contributed by atoms with Crippen LogP contribution in [0.4, 0.5) is 0 Å². The summed E-state index contributed by atoms with van der Waals surface area (Å²) >= 11 is 3.44. The van der Waals surface area contributed by atoms with Gasteiger partial charge in [0, 0.05) is 23.7 Å². The third-order valence-electron chi connectivity index (χ3n) is 3.15. The molecule has 1 heterocycles. The normalized spacial score (nSPS) is 19.6. The smallest absolute Gasteiger partial charge is 0.0489 e. The first-order valence-electron chi connectivity index (χ1n) is 5.60. The van der Waals surface area contributed by atoms with Crippen molar-refractivity contribution >= 4 is 15.9 Å². The Hall–Kier alpha value is -0.420. The minimum Gasteiger partial charge on any atom is -0.381 e. The molecular weight excluding hydrogens is 268 g/mol. The Labute approximate surface area is 104 Å². The minimum atomic E-state index is 0.233. The van der Waals surface area contributed by atoms with Crippen LogP contribution < -0.4 is 11.3 Å². The molecule has 0 aromatic heterocycles. The number of benzene rings is 1. The molecule has 0 saturated carbocycles. The summed E-state index contributed by atoms with van der Waals surface area (Å²) in [5, 5.41) is 0. The average Bonchev–Trinajstić information content (AvgIpc) is 2.34. The summed E-state index contributed by atoms with van der Waals surface area (Å²) in [7, 11) is 0. The monoisotopic (exact) mass is 284 g/mol. The molecule has 3 N–H and O–H groups in total. The van der Waals surface area contributed by atoms with Gasteiger partial charge in [-0.15, -0.1) is 0 Å². The summed E-state index contributed by atoms with van der Waals surface area (Å²) in [6.07, 6.45) is 2.15. The predicted octanol–water partition coefficient (Wildman–Crippen LogP) is 2.38. The number of hydrogen-bond donors (Lipinski definition) is 2. The van der Waals surface area contributed by atoms with Crippen LogP contribution in [0.15, 0.2) is 28.7 Å². The Kier molecular flexibility index (Phi) is 4.35. The van der Waals surface area contributed by atoms with Gasteiger partial charge in [-0.25, -0.2) is 0 Å². The molecule has 1 fully saturated rings. The maximum atomic E-state index is 5.67. The van der Waals surface area contributed by atoms with E-state index in [0.717, 1.165) is 30.5 Å². The molecule has 1 aliphatic rings. The van der Waals surface area contributed by atoms with Gasteiger partial charge in [-0.1, -0.05) is 28.1 Å². The van der Waals surface area contributed by atoms with Gasteiger partial charge in [0.05, 0.1) is 0 Å². The lowest BCUT2D eigenvalue weighted by Gasteiger charge is -2.30. The molecule has 88 valence electrons. The molecule has 1 unspecified atom stereocenters. The zero-order valence-corrected chi connectivity index (χ0v) is 10.7. The van der Waals surface area contributed by atoms with E-state index in [4.69, 9.17) is 10.6 Å². The van der Waals surface area contributed by atoms with Crippen molar-refractivity contribution in [3.63, 3.8) is 0 Å². The number of halogens is 1. The van der Waals surface area contributed by atoms with Crippen LogP contribution in [0.5, 0.6) is 0 Å². The van der Waals surface area contributed by atoms with Crippen LogP contribution in [0.1, 0.15) is 24.4 Å². The van der Waals surface area contributed by atoms with Gasteiger partial charge >= 0.3 is 0 Å². The average molecular weight is 285 g/mol. The lowest BCUT2D eigenvalue weighted by Crippen LogP contribution is -2.36. The third kappa shape index (κ3) is 2.83. The van der Waals surface area contributed by atoms with Crippen LogP contribution in [0.2, 0.25) is 0 Å². The van der Waals surface area contributed by atoms with Crippen molar-refractivity contribution in [2.75, 3.05) is 13.2 Å². The molecule has 1 aromatic carbocycles. The highest BCUT2D eigenvalue weighted by Gasteiger charge is 2.24. The molecule has 1 aliphatic heterocycles. The first kappa shape index (κ1) is 12.0. The second-order valence-electron chi connectivity index (χ2n) is 4.15. The number of nitrogens with two attached hydrogens (primary N) is 1. The van der Waals surface area contributed by atoms with E-state index in [-0.39, 0.29) is 6.04 Å². The maximum absolute atomic E-state index is 5.67. The summed E-state index contributed by atoms with van der Waals surface area (Å²) in [6, 6.07) is 8.57. The first-order chi connectivity index (χ1) is 7.81. The van der Waals surface area contributed by atoms with E-state index in [2.05, 4.69) is 45.6 Å². The molecule has 0 spiro atoms. The van der Waals surface area contributed by atoms with Gasteiger partial charge in [-0.05, 0) is 36.5 Å². The fourth-order valence-corrected chi connectivity index (χ4v) is 2.49. The van der Waals surface area contributed by atoms with Crippen LogP contribution in [0.3, 0.4) is 0 Å². The van der Waals surface area contributed by atoms with Gasteiger partial charge in [-0.2, -0.15) is 0 Å². The Morgan fingerprint density at radius 1 is 1.25 bits per heavy atom. The number of hydrazine groups is 1. The maximum Gasteiger partial charge on any atom is 0.0489 e. The van der Waals surface area contributed by atoms with Gasteiger partial charge in [-0.3, -0.25) is 11.3 Å². The summed E-state index contributed by atoms with van der Waals surface area (Å²) in [6.45, 7) is 1.69. The fraction of sp³-hybridized carbons (Fsp3) is 0.500. The van der Waals surface area contributed by atoms with E-state index >= 15 is 0 Å². The van der Waals surface area contributed by atoms with Crippen molar-refractivity contribution in [1.29, 1.82) is 0 Å². The lowest BCUT2D eigenvalue weighted by atomic mass is 9.87. The molecule has 1 aromatic rings. The van der Waals surface area contributed by atoms with Crippen molar-refractivity contribution < 1.29 is 4.74 Å². The zero-order valence-electron chi connectivity index (χ0n) is 9.16. The van der Waals surface area contributed by atoms with Crippen molar-refractivity contribution in [1.82, 2.24) is 5.43 Å². The number of nitrogens with one attached hydrogen (secondary N) is 1. The van der Waals surface area contributed by atoms with E-state index in [1.165, 1.54) is 5.56 Å². The predicted molar refractivity (Wildman–Crippen MR) is 67.7 cm³/mol. The molecule has 1 atom stereocenters. The summed E-state index contributed by atoms with van der Waals surface area (Å²) in [5.74, 6) is 6.24. The van der Waals surface area contributed by atoms with Crippen LogP contribution in [-0.2, 0) is 4.74 Å². The highest BCUT2D eigenvalue weighted by atomic mass is 79.9. The molecule has 0 radical (unpaired) electrons. The number of rotatable bonds is 3. The molecule has 0 bridgehead atoms. The Balaban J connectivity index is 2.11. The molecule has 0 amide bonds. The summed E-state index contributed by atoms with van der Waals surface area (Å²) in [4.78, 5) is 0. The van der Waals surface area contributed by atoms with Crippen molar-refractivity contribution in [3.05, 3.63) is 34.3 Å². The SMILES string of the molecule is NNC(c1ccc(Br)cc1)C1CCOCC1. The van der Waals surface area contributed by atoms with Crippen LogP contribution >= 0.6 is 15.9 Å². The Morgan fingerprint density at radius 3 is 2.44 bits per heavy atom. The van der Waals surface area contributed by atoms with Crippen molar-refractivity contribution in [2.24, 2.45) is 11.8 Å². The Morgan fingerprint density at radius 2 is 1.88 bits per heavy atom. The van der Waals surface area contributed by atoms with Crippen molar-refractivity contribution in [3.8, 4) is 0 Å². The van der Waals surface area contributed by atoms with Gasteiger partial charge in [0.25, 0.3) is 0 Å². The second kappa shape index (κ2) is 5.77. The fourth-order valence-electron chi connectivity index (χ4n) is 2.22. The van der Waals surface area contributed by atoms with Crippen LogP contribution in [0.25, 0.3) is 0 Å². The number of hydrogen-bond acceptors (Lipinski definition) is 3. The largest absolute Gasteiger partial charge is 0.381 e. The summed E-state index contributed by atoms with van der Waals surface area (Å²) < 4.78 is 6.47. The molecular formula is C12H17BrN2O. The van der Waals surface area contributed by atoms with E-state index < -0.39 is 0 Å². The Bertz CT molecular complexity index is 322. The van der Waals surface area contributed by atoms with Crippen LogP contribution in [-0.4, -0.2) is 13.2 Å². The van der Waals surface area contributed by atoms with E-state index in [0.29, 0.717) is 5.92 Å². The van der Waals surface area contributed by atoms with Gasteiger partial charge in [0.1, 0.15) is 0 Å². The van der Waals surface area contributed by atoms with E-state index in [1.54, 1.807) is 0 Å². The molecule has 0 aliphatic carbocycles. The zero-order chi connectivity index (χ0) is 11.4. The summed E-state index contributed by atoms with van der Waals surface area (Å²) in [5.41, 5.74) is 4.18. The third-order valence-corrected chi connectivity index (χ3v) is 3.67. The first-order valence-corrected chi connectivity index (χ1v) is 6.40. The number of ether oxygens (including phenoxy) is 1.